The van der Waals surface area contributed by atoms with Gasteiger partial charge in [-0.25, -0.2) is 0 Å². The first-order valence-electron chi connectivity index (χ1n) is 10.0. The summed E-state index contributed by atoms with van der Waals surface area (Å²) >= 11 is 0. The molecule has 2 aliphatic rings. The van der Waals surface area contributed by atoms with Crippen molar-refractivity contribution in [3.05, 3.63) is 42.1 Å². The van der Waals surface area contributed by atoms with Gasteiger partial charge in [0.05, 0.1) is 18.9 Å². The fourth-order valence-electron chi connectivity index (χ4n) is 4.10. The van der Waals surface area contributed by atoms with E-state index in [4.69, 9.17) is 4.74 Å². The van der Waals surface area contributed by atoms with Gasteiger partial charge in [0.2, 0.25) is 0 Å². The minimum Gasteiger partial charge on any atom is -0.379 e. The van der Waals surface area contributed by atoms with Crippen LogP contribution >= 0.6 is 0 Å². The zero-order chi connectivity index (χ0) is 18.5. The summed E-state index contributed by atoms with van der Waals surface area (Å²) in [6, 6.07) is 10.1. The van der Waals surface area contributed by atoms with E-state index in [1.807, 2.05) is 30.3 Å². The van der Waals surface area contributed by atoms with Gasteiger partial charge in [-0.05, 0) is 49.4 Å². The van der Waals surface area contributed by atoms with E-state index >= 15 is 0 Å². The number of hydrogen-bond donors (Lipinski definition) is 1. The third-order valence-electron chi connectivity index (χ3n) is 5.71. The molecule has 1 aromatic carbocycles. The molecule has 2 aromatic rings. The molecular formula is C21H28N4O2. The Morgan fingerprint density at radius 3 is 2.67 bits per heavy atom. The summed E-state index contributed by atoms with van der Waals surface area (Å²) in [5, 5.41) is 6.95. The number of aromatic nitrogens is 2. The van der Waals surface area contributed by atoms with Gasteiger partial charge in [0.15, 0.2) is 0 Å². The van der Waals surface area contributed by atoms with Gasteiger partial charge in [0.25, 0.3) is 5.91 Å². The van der Waals surface area contributed by atoms with Crippen LogP contribution in [0.15, 0.2) is 36.5 Å². The van der Waals surface area contributed by atoms with Crippen molar-refractivity contribution in [2.45, 2.75) is 31.7 Å². The van der Waals surface area contributed by atoms with E-state index in [0.717, 1.165) is 75.5 Å². The number of ether oxygens (including phenoxy) is 1. The number of carbonyl (C=O) groups is 1. The van der Waals surface area contributed by atoms with Gasteiger partial charge >= 0.3 is 0 Å². The lowest BCUT2D eigenvalue weighted by Crippen LogP contribution is -2.46. The fourth-order valence-corrected chi connectivity index (χ4v) is 4.10. The molecule has 1 amide bonds. The molecule has 2 saturated heterocycles. The number of amides is 1. The van der Waals surface area contributed by atoms with Gasteiger partial charge in [-0.1, -0.05) is 12.1 Å². The van der Waals surface area contributed by atoms with Crippen LogP contribution in [-0.2, 0) is 4.74 Å². The Morgan fingerprint density at radius 1 is 1.11 bits per heavy atom. The smallest absolute Gasteiger partial charge is 0.254 e. The van der Waals surface area contributed by atoms with Gasteiger partial charge in [-0.15, -0.1) is 0 Å². The van der Waals surface area contributed by atoms with E-state index in [1.165, 1.54) is 6.42 Å². The number of morpholine rings is 1. The van der Waals surface area contributed by atoms with Crippen LogP contribution in [0.3, 0.4) is 0 Å². The maximum Gasteiger partial charge on any atom is 0.254 e. The highest BCUT2D eigenvalue weighted by atomic mass is 16.5. The van der Waals surface area contributed by atoms with Crippen molar-refractivity contribution in [2.75, 3.05) is 39.4 Å². The first kappa shape index (κ1) is 18.2. The third-order valence-corrected chi connectivity index (χ3v) is 5.71. The third kappa shape index (κ3) is 4.39. The van der Waals surface area contributed by atoms with E-state index in [1.54, 1.807) is 6.20 Å². The first-order chi connectivity index (χ1) is 13.3. The first-order valence-corrected chi connectivity index (χ1v) is 10.0. The average Bonchev–Trinajstić information content (AvgIpc) is 3.28. The summed E-state index contributed by atoms with van der Waals surface area (Å²) < 4.78 is 5.43. The Hall–Kier alpha value is -2.18. The molecule has 4 rings (SSSR count). The Morgan fingerprint density at radius 2 is 1.93 bits per heavy atom. The molecule has 0 bridgehead atoms. The molecule has 6 heteroatoms. The minimum atomic E-state index is 0.165. The van der Waals surface area contributed by atoms with Crippen LogP contribution in [0.2, 0.25) is 0 Å². The van der Waals surface area contributed by atoms with E-state index in [-0.39, 0.29) is 5.91 Å². The predicted molar refractivity (Wildman–Crippen MR) is 105 cm³/mol. The van der Waals surface area contributed by atoms with Gasteiger partial charge in [0, 0.05) is 44.0 Å². The molecule has 0 saturated carbocycles. The van der Waals surface area contributed by atoms with Crippen molar-refractivity contribution in [1.82, 2.24) is 20.0 Å². The molecule has 1 unspecified atom stereocenters. The molecular weight excluding hydrogens is 340 g/mol. The Balaban J connectivity index is 1.40. The highest BCUT2D eigenvalue weighted by molar-refractivity contribution is 5.95. The van der Waals surface area contributed by atoms with Gasteiger partial charge < -0.3 is 9.64 Å². The molecule has 0 aliphatic carbocycles. The summed E-state index contributed by atoms with van der Waals surface area (Å²) in [7, 11) is 0. The second-order valence-electron chi connectivity index (χ2n) is 7.44. The van der Waals surface area contributed by atoms with Gasteiger partial charge in [0.1, 0.15) is 0 Å². The van der Waals surface area contributed by atoms with Gasteiger partial charge in [-0.2, -0.15) is 5.10 Å². The molecule has 144 valence electrons. The zero-order valence-electron chi connectivity index (χ0n) is 15.8. The number of piperidine rings is 1. The maximum atomic E-state index is 13.1. The van der Waals surface area contributed by atoms with Crippen LogP contribution in [0.25, 0.3) is 11.3 Å². The molecule has 1 aromatic heterocycles. The zero-order valence-corrected chi connectivity index (χ0v) is 15.8. The monoisotopic (exact) mass is 368 g/mol. The lowest BCUT2D eigenvalue weighted by atomic mass is 9.97. The largest absolute Gasteiger partial charge is 0.379 e. The highest BCUT2D eigenvalue weighted by Gasteiger charge is 2.28. The Labute approximate surface area is 160 Å². The second kappa shape index (κ2) is 8.67. The topological polar surface area (TPSA) is 61.5 Å². The number of nitrogens with one attached hydrogen (secondary N) is 1. The standard InChI is InChI=1S/C21H28N4O2/c26-21(18-6-4-17(5-7-18)20-8-10-22-23-20)25-11-2-1-3-19(25)9-12-24-13-15-27-16-14-24/h4-8,10,19H,1-3,9,11-16H2,(H,22,23). The SMILES string of the molecule is O=C(c1ccc(-c2ccn[nH]2)cc1)N1CCCCC1CCN1CCOCC1. The normalized spacial score (nSPS) is 21.3. The molecule has 27 heavy (non-hydrogen) atoms. The van der Waals surface area contributed by atoms with Crippen molar-refractivity contribution in [2.24, 2.45) is 0 Å². The number of hydrogen-bond acceptors (Lipinski definition) is 4. The van der Waals surface area contributed by atoms with Gasteiger partial charge in [-0.3, -0.25) is 14.8 Å². The number of H-pyrrole nitrogens is 1. The molecule has 1 N–H and O–H groups in total. The van der Waals surface area contributed by atoms with Crippen LogP contribution in [0.4, 0.5) is 0 Å². The molecule has 1 atom stereocenters. The number of nitrogens with zero attached hydrogens (tertiary/aromatic N) is 3. The van der Waals surface area contributed by atoms with E-state index in [2.05, 4.69) is 20.0 Å². The molecule has 2 fully saturated rings. The summed E-state index contributed by atoms with van der Waals surface area (Å²) in [6.07, 6.45) is 6.23. The van der Waals surface area contributed by atoms with Crippen molar-refractivity contribution >= 4 is 5.91 Å². The minimum absolute atomic E-state index is 0.165. The van der Waals surface area contributed by atoms with E-state index < -0.39 is 0 Å². The molecule has 3 heterocycles. The number of carbonyl (C=O) groups excluding carboxylic acids is 1. The van der Waals surface area contributed by atoms with Crippen LogP contribution in [0.5, 0.6) is 0 Å². The quantitative estimate of drug-likeness (QED) is 0.882. The molecule has 6 nitrogen and oxygen atoms in total. The van der Waals surface area contributed by atoms with Crippen molar-refractivity contribution in [3.63, 3.8) is 0 Å². The predicted octanol–water partition coefficient (Wildman–Crippen LogP) is 2.79. The highest BCUT2D eigenvalue weighted by Crippen LogP contribution is 2.24. The Bertz CT molecular complexity index is 723. The van der Waals surface area contributed by atoms with E-state index in [0.29, 0.717) is 6.04 Å². The molecule has 0 radical (unpaired) electrons. The van der Waals surface area contributed by atoms with Crippen molar-refractivity contribution < 1.29 is 9.53 Å². The summed E-state index contributed by atoms with van der Waals surface area (Å²) in [5.41, 5.74) is 2.79. The summed E-state index contributed by atoms with van der Waals surface area (Å²) in [6.45, 7) is 5.60. The Kier molecular flexibility index (Phi) is 5.84. The van der Waals surface area contributed by atoms with E-state index in [9.17, 15) is 4.79 Å². The number of rotatable bonds is 5. The maximum absolute atomic E-state index is 13.1. The summed E-state index contributed by atoms with van der Waals surface area (Å²) in [5.74, 6) is 0.165. The van der Waals surface area contributed by atoms with Crippen LogP contribution in [0, 0.1) is 0 Å². The lowest BCUT2D eigenvalue weighted by molar-refractivity contribution is 0.0296. The summed E-state index contributed by atoms with van der Waals surface area (Å²) in [4.78, 5) is 17.7. The average molecular weight is 368 g/mol. The number of likely N-dealkylation sites (tertiary alicyclic amines) is 1. The number of aromatic amines is 1. The van der Waals surface area contributed by atoms with Crippen molar-refractivity contribution in [3.8, 4) is 11.3 Å². The van der Waals surface area contributed by atoms with Crippen LogP contribution < -0.4 is 0 Å². The van der Waals surface area contributed by atoms with Crippen LogP contribution in [-0.4, -0.2) is 71.3 Å². The second-order valence-corrected chi connectivity index (χ2v) is 7.44. The van der Waals surface area contributed by atoms with Crippen LogP contribution in [0.1, 0.15) is 36.0 Å². The fraction of sp³-hybridized carbons (Fsp3) is 0.524. The molecule has 0 spiro atoms. The number of benzene rings is 1. The molecule has 2 aliphatic heterocycles. The van der Waals surface area contributed by atoms with Crippen molar-refractivity contribution in [1.29, 1.82) is 0 Å². The lowest BCUT2D eigenvalue weighted by Gasteiger charge is -2.37.